The summed E-state index contributed by atoms with van der Waals surface area (Å²) in [4.78, 5) is 7.97. The molecule has 0 spiro atoms. The van der Waals surface area contributed by atoms with Gasteiger partial charge in [-0.15, -0.1) is 0 Å². The fourth-order valence-corrected chi connectivity index (χ4v) is 4.67. The number of hydrogen-bond acceptors (Lipinski definition) is 4. The van der Waals surface area contributed by atoms with Crippen LogP contribution in [0.4, 0.5) is 0 Å². The molecule has 1 saturated heterocycles. The largest absolute Gasteiger partial charge is 0.452 e. The predicted molar refractivity (Wildman–Crippen MR) is 121 cm³/mol. The van der Waals surface area contributed by atoms with Crippen molar-refractivity contribution in [1.82, 2.24) is 15.2 Å². The van der Waals surface area contributed by atoms with Gasteiger partial charge in [0.15, 0.2) is 10.2 Å². The maximum atomic E-state index is 6.31. The van der Waals surface area contributed by atoms with Gasteiger partial charge in [-0.3, -0.25) is 4.98 Å². The van der Waals surface area contributed by atoms with Gasteiger partial charge in [-0.05, 0) is 61.5 Å². The summed E-state index contributed by atoms with van der Waals surface area (Å²) in [5.41, 5.74) is 2.22. The molecule has 0 saturated carbocycles. The molecule has 2 atom stereocenters. The summed E-state index contributed by atoms with van der Waals surface area (Å²) < 4.78 is 6.31. The lowest BCUT2D eigenvalue weighted by atomic mass is 10.0. The average Bonchev–Trinajstić information content (AvgIpc) is 3.28. The highest BCUT2D eigenvalue weighted by Gasteiger charge is 2.41. The van der Waals surface area contributed by atoms with E-state index in [0.29, 0.717) is 5.92 Å². The Labute approximate surface area is 181 Å². The molecular weight excluding hydrogens is 398 g/mol. The van der Waals surface area contributed by atoms with Crippen molar-refractivity contribution in [3.8, 4) is 0 Å². The first-order valence-electron chi connectivity index (χ1n) is 9.83. The first kappa shape index (κ1) is 20.0. The van der Waals surface area contributed by atoms with Crippen LogP contribution in [-0.4, -0.2) is 21.5 Å². The van der Waals surface area contributed by atoms with Gasteiger partial charge in [0.05, 0.1) is 11.7 Å². The van der Waals surface area contributed by atoms with Gasteiger partial charge in [0.25, 0.3) is 0 Å². The van der Waals surface area contributed by atoms with Gasteiger partial charge >= 0.3 is 0 Å². The van der Waals surface area contributed by atoms with Crippen molar-refractivity contribution < 1.29 is 4.42 Å². The van der Waals surface area contributed by atoms with Crippen molar-refractivity contribution in [3.63, 3.8) is 0 Å². The van der Waals surface area contributed by atoms with Gasteiger partial charge in [-0.1, -0.05) is 49.4 Å². The first-order valence-corrected chi connectivity index (χ1v) is 11.1. The number of aromatic nitrogens is 1. The maximum Gasteiger partial charge on any atom is 0.170 e. The third kappa shape index (κ3) is 4.49. The van der Waals surface area contributed by atoms with E-state index in [4.69, 9.17) is 16.6 Å². The molecule has 6 heteroatoms. The minimum absolute atomic E-state index is 0.0211. The van der Waals surface area contributed by atoms with E-state index < -0.39 is 0 Å². The summed E-state index contributed by atoms with van der Waals surface area (Å²) in [5.74, 6) is 1.39. The molecule has 1 aliphatic heterocycles. The molecule has 3 heterocycles. The Morgan fingerprint density at radius 2 is 1.93 bits per heavy atom. The van der Waals surface area contributed by atoms with Crippen molar-refractivity contribution >= 4 is 29.1 Å². The molecule has 3 aromatic rings. The lowest BCUT2D eigenvalue weighted by molar-refractivity contribution is 0.242. The van der Waals surface area contributed by atoms with Crippen LogP contribution < -0.4 is 5.32 Å². The summed E-state index contributed by atoms with van der Waals surface area (Å²) in [7, 11) is 0. The Morgan fingerprint density at radius 3 is 2.62 bits per heavy atom. The van der Waals surface area contributed by atoms with Crippen LogP contribution in [0.5, 0.6) is 0 Å². The van der Waals surface area contributed by atoms with Crippen LogP contribution in [0.15, 0.2) is 75.2 Å². The number of furan rings is 1. The molecule has 2 aromatic heterocycles. The van der Waals surface area contributed by atoms with E-state index in [1.54, 1.807) is 11.8 Å². The van der Waals surface area contributed by atoms with Crippen molar-refractivity contribution in [1.29, 1.82) is 0 Å². The lowest BCUT2D eigenvalue weighted by Crippen LogP contribution is -2.32. The van der Waals surface area contributed by atoms with Crippen molar-refractivity contribution in [3.05, 3.63) is 77.8 Å². The molecular formula is C23H25N3OS2. The molecule has 0 amide bonds. The molecule has 1 aromatic carbocycles. The van der Waals surface area contributed by atoms with Crippen molar-refractivity contribution in [2.45, 2.75) is 42.8 Å². The second-order valence-corrected chi connectivity index (χ2v) is 9.21. The summed E-state index contributed by atoms with van der Waals surface area (Å²) in [5, 5.41) is 5.10. The van der Waals surface area contributed by atoms with E-state index >= 15 is 0 Å². The summed E-state index contributed by atoms with van der Waals surface area (Å²) in [6.45, 7) is 7.36. The standard InChI is InChI=1S/C23H25N3OS2/c1-15(2)14-26-22(21(25-23(26)28)18-6-4-5-13-24-18)19-11-12-20(27-19)29-17-9-7-16(3)8-10-17/h4-13,15,21-22H,14H2,1-3H3,(H,25,28)/t21-,22-/m1/s1. The minimum atomic E-state index is -0.0363. The normalized spacial score (nSPS) is 19.0. The summed E-state index contributed by atoms with van der Waals surface area (Å²) in [6, 6.07) is 18.5. The SMILES string of the molecule is Cc1ccc(Sc2ccc([C@@H]3[C@@H](c4ccccn4)NC(=S)N3CC(C)C)o2)cc1. The summed E-state index contributed by atoms with van der Waals surface area (Å²) in [6.07, 6.45) is 1.82. The van der Waals surface area contributed by atoms with E-state index in [1.165, 1.54) is 5.56 Å². The van der Waals surface area contributed by atoms with Crippen LogP contribution in [0.1, 0.15) is 42.9 Å². The Kier molecular flexibility index (Phi) is 5.92. The molecule has 29 heavy (non-hydrogen) atoms. The van der Waals surface area contributed by atoms with Crippen molar-refractivity contribution in [2.75, 3.05) is 6.54 Å². The van der Waals surface area contributed by atoms with E-state index in [1.807, 2.05) is 30.5 Å². The molecule has 0 radical (unpaired) electrons. The zero-order valence-corrected chi connectivity index (χ0v) is 18.5. The number of pyridine rings is 1. The zero-order chi connectivity index (χ0) is 20.4. The molecule has 0 bridgehead atoms. The van der Waals surface area contributed by atoms with Crippen molar-refractivity contribution in [2.24, 2.45) is 5.92 Å². The maximum absolute atomic E-state index is 6.31. The number of nitrogens with one attached hydrogen (secondary N) is 1. The number of nitrogens with zero attached hydrogens (tertiary/aromatic N) is 2. The number of rotatable bonds is 6. The summed E-state index contributed by atoms with van der Waals surface area (Å²) >= 11 is 7.31. The van der Waals surface area contributed by atoms with Crippen LogP contribution >= 0.6 is 24.0 Å². The quantitative estimate of drug-likeness (QED) is 0.508. The number of aryl methyl sites for hydroxylation is 1. The van der Waals surface area contributed by atoms with Gasteiger partial charge in [-0.25, -0.2) is 0 Å². The van der Waals surface area contributed by atoms with E-state index in [9.17, 15) is 0 Å². The molecule has 1 fully saturated rings. The highest BCUT2D eigenvalue weighted by molar-refractivity contribution is 7.99. The second-order valence-electron chi connectivity index (χ2n) is 7.74. The van der Waals surface area contributed by atoms with E-state index in [-0.39, 0.29) is 12.1 Å². The zero-order valence-electron chi connectivity index (χ0n) is 16.8. The van der Waals surface area contributed by atoms with Gasteiger partial charge in [0, 0.05) is 17.6 Å². The number of thiocarbonyl (C=S) groups is 1. The highest BCUT2D eigenvalue weighted by atomic mass is 32.2. The minimum Gasteiger partial charge on any atom is -0.452 e. The van der Waals surface area contributed by atoms with Gasteiger partial charge in [0.1, 0.15) is 11.8 Å². The van der Waals surface area contributed by atoms with Crippen LogP contribution in [0.25, 0.3) is 0 Å². The van der Waals surface area contributed by atoms with Crippen LogP contribution in [0.2, 0.25) is 0 Å². The monoisotopic (exact) mass is 423 g/mol. The third-order valence-corrected chi connectivity index (χ3v) is 6.17. The molecule has 0 unspecified atom stereocenters. The number of hydrogen-bond donors (Lipinski definition) is 1. The average molecular weight is 424 g/mol. The first-order chi connectivity index (χ1) is 14.0. The van der Waals surface area contributed by atoms with Gasteiger partial charge < -0.3 is 14.6 Å². The fourth-order valence-electron chi connectivity index (χ4n) is 3.58. The lowest BCUT2D eigenvalue weighted by Gasteiger charge is -2.27. The second kappa shape index (κ2) is 8.59. The molecule has 150 valence electrons. The Morgan fingerprint density at radius 1 is 1.14 bits per heavy atom. The Balaban J connectivity index is 1.64. The van der Waals surface area contributed by atoms with Crippen LogP contribution in [0, 0.1) is 12.8 Å². The Bertz CT molecular complexity index is 969. The number of benzene rings is 1. The van der Waals surface area contributed by atoms with Gasteiger partial charge in [0.2, 0.25) is 0 Å². The third-order valence-electron chi connectivity index (χ3n) is 4.89. The smallest absolute Gasteiger partial charge is 0.170 e. The molecule has 4 rings (SSSR count). The topological polar surface area (TPSA) is 41.3 Å². The molecule has 1 aliphatic rings. The molecule has 4 nitrogen and oxygen atoms in total. The van der Waals surface area contributed by atoms with Gasteiger partial charge in [-0.2, -0.15) is 0 Å². The van der Waals surface area contributed by atoms with E-state index in [2.05, 4.69) is 66.3 Å². The predicted octanol–water partition coefficient (Wildman–Crippen LogP) is 5.76. The molecule has 0 aliphatic carbocycles. The van der Waals surface area contributed by atoms with E-state index in [0.717, 1.165) is 33.1 Å². The Hall–Kier alpha value is -2.31. The molecule has 1 N–H and O–H groups in total. The van der Waals surface area contributed by atoms with Crippen LogP contribution in [0.3, 0.4) is 0 Å². The highest BCUT2D eigenvalue weighted by Crippen LogP contribution is 2.41. The van der Waals surface area contributed by atoms with Crippen LogP contribution in [-0.2, 0) is 0 Å². The fraction of sp³-hybridized carbons (Fsp3) is 0.304.